The third-order valence-corrected chi connectivity index (χ3v) is 4.28. The Balaban J connectivity index is 3.04. The molecule has 0 bridgehead atoms. The van der Waals surface area contributed by atoms with Gasteiger partial charge in [0, 0.05) is 16.7 Å². The predicted molar refractivity (Wildman–Crippen MR) is 102 cm³/mol. The first-order valence-corrected chi connectivity index (χ1v) is 9.03. The highest BCUT2D eigenvalue weighted by molar-refractivity contribution is 14.1. The fraction of sp³-hybridized carbons (Fsp3) is 0.529. The molecular formula is C17H25IN2O4. The van der Waals surface area contributed by atoms with Crippen LogP contribution in [0.1, 0.15) is 37.0 Å². The number of carbonyl (C=O) groups is 2. The topological polar surface area (TPSA) is 67.9 Å². The highest BCUT2D eigenvalue weighted by Crippen LogP contribution is 2.31. The fourth-order valence-electron chi connectivity index (χ4n) is 2.20. The number of amides is 2. The number of methoxy groups -OCH3 is 2. The Bertz CT molecular complexity index is 578. The minimum atomic E-state index is -0.186. The van der Waals surface area contributed by atoms with Gasteiger partial charge in [0.2, 0.25) is 5.91 Å². The third kappa shape index (κ3) is 5.54. The van der Waals surface area contributed by atoms with Gasteiger partial charge in [-0.25, -0.2) is 0 Å². The maximum atomic E-state index is 12.9. The molecule has 0 fully saturated rings. The van der Waals surface area contributed by atoms with Gasteiger partial charge in [0.15, 0.2) is 11.5 Å². The standard InChI is InChI=1S/C17H25IN2O4/c1-5-7-19-16(21)11-20(8-6-2)17(22)12-9-14(23-3)15(24-4)10-13(12)18/h9-10H,5-8,11H2,1-4H3,(H,19,21). The van der Waals surface area contributed by atoms with E-state index in [1.54, 1.807) is 24.1 Å². The van der Waals surface area contributed by atoms with E-state index in [9.17, 15) is 9.59 Å². The van der Waals surface area contributed by atoms with Crippen LogP contribution in [0.15, 0.2) is 12.1 Å². The van der Waals surface area contributed by atoms with Crippen molar-refractivity contribution in [1.29, 1.82) is 0 Å². The molecular weight excluding hydrogens is 423 g/mol. The second-order valence-corrected chi connectivity index (χ2v) is 6.43. The molecule has 0 heterocycles. The second-order valence-electron chi connectivity index (χ2n) is 5.26. The molecule has 1 aromatic carbocycles. The molecule has 1 aromatic rings. The molecule has 0 saturated heterocycles. The minimum absolute atomic E-state index is 0.0527. The first-order chi connectivity index (χ1) is 11.5. The smallest absolute Gasteiger partial charge is 0.255 e. The monoisotopic (exact) mass is 448 g/mol. The number of nitrogens with zero attached hydrogens (tertiary/aromatic N) is 1. The molecule has 0 aliphatic heterocycles. The van der Waals surface area contributed by atoms with Crippen molar-refractivity contribution in [3.05, 3.63) is 21.3 Å². The van der Waals surface area contributed by atoms with E-state index < -0.39 is 0 Å². The van der Waals surface area contributed by atoms with Crippen LogP contribution in [-0.2, 0) is 4.79 Å². The van der Waals surface area contributed by atoms with Gasteiger partial charge in [-0.1, -0.05) is 13.8 Å². The van der Waals surface area contributed by atoms with Gasteiger partial charge >= 0.3 is 0 Å². The molecule has 0 unspecified atom stereocenters. The van der Waals surface area contributed by atoms with E-state index >= 15 is 0 Å². The number of benzene rings is 1. The van der Waals surface area contributed by atoms with E-state index in [0.717, 1.165) is 16.4 Å². The number of halogens is 1. The zero-order valence-electron chi connectivity index (χ0n) is 14.6. The van der Waals surface area contributed by atoms with Crippen LogP contribution in [-0.4, -0.2) is 50.6 Å². The highest BCUT2D eigenvalue weighted by Gasteiger charge is 2.22. The summed E-state index contributed by atoms with van der Waals surface area (Å²) in [6.07, 6.45) is 1.64. The minimum Gasteiger partial charge on any atom is -0.493 e. The number of hydrogen-bond donors (Lipinski definition) is 1. The van der Waals surface area contributed by atoms with E-state index in [0.29, 0.717) is 30.2 Å². The summed E-state index contributed by atoms with van der Waals surface area (Å²) in [7, 11) is 3.08. The quantitative estimate of drug-likeness (QED) is 0.590. The molecule has 1 N–H and O–H groups in total. The molecule has 134 valence electrons. The summed E-state index contributed by atoms with van der Waals surface area (Å²) in [6.45, 7) is 5.14. The van der Waals surface area contributed by atoms with E-state index in [4.69, 9.17) is 9.47 Å². The normalized spacial score (nSPS) is 10.2. The molecule has 0 aliphatic rings. The van der Waals surface area contributed by atoms with Gasteiger partial charge in [-0.05, 0) is 47.6 Å². The molecule has 2 amide bonds. The third-order valence-electron chi connectivity index (χ3n) is 3.39. The number of nitrogens with one attached hydrogen (secondary N) is 1. The van der Waals surface area contributed by atoms with Crippen LogP contribution in [0.25, 0.3) is 0 Å². The first kappa shape index (κ1) is 20.5. The summed E-state index contributed by atoms with van der Waals surface area (Å²) in [4.78, 5) is 26.4. The summed E-state index contributed by atoms with van der Waals surface area (Å²) < 4.78 is 11.3. The van der Waals surface area contributed by atoms with Crippen LogP contribution in [0.3, 0.4) is 0 Å². The summed E-state index contributed by atoms with van der Waals surface area (Å²) >= 11 is 2.09. The largest absolute Gasteiger partial charge is 0.493 e. The predicted octanol–water partition coefficient (Wildman–Crippen LogP) is 2.69. The Labute approximate surface area is 157 Å². The number of carbonyl (C=O) groups excluding carboxylic acids is 2. The summed E-state index contributed by atoms with van der Waals surface area (Å²) in [6, 6.07) is 3.42. The molecule has 0 radical (unpaired) electrons. The molecule has 0 spiro atoms. The molecule has 0 aliphatic carbocycles. The van der Waals surface area contributed by atoms with Gasteiger partial charge in [-0.3, -0.25) is 9.59 Å². The van der Waals surface area contributed by atoms with Crippen molar-refractivity contribution in [2.45, 2.75) is 26.7 Å². The highest BCUT2D eigenvalue weighted by atomic mass is 127. The number of ether oxygens (including phenoxy) is 2. The molecule has 24 heavy (non-hydrogen) atoms. The molecule has 6 nitrogen and oxygen atoms in total. The Morgan fingerprint density at radius 2 is 1.75 bits per heavy atom. The van der Waals surface area contributed by atoms with E-state index in [-0.39, 0.29) is 18.4 Å². The lowest BCUT2D eigenvalue weighted by Crippen LogP contribution is -2.41. The second kappa shape index (κ2) is 10.4. The molecule has 0 atom stereocenters. The van der Waals surface area contributed by atoms with Crippen LogP contribution in [0.5, 0.6) is 11.5 Å². The van der Waals surface area contributed by atoms with Gasteiger partial charge in [-0.15, -0.1) is 0 Å². The maximum Gasteiger partial charge on any atom is 0.255 e. The van der Waals surface area contributed by atoms with Crippen molar-refractivity contribution >= 4 is 34.4 Å². The zero-order valence-corrected chi connectivity index (χ0v) is 16.8. The SMILES string of the molecule is CCCNC(=O)CN(CCC)C(=O)c1cc(OC)c(OC)cc1I. The van der Waals surface area contributed by atoms with Crippen molar-refractivity contribution in [2.24, 2.45) is 0 Å². The Kier molecular flexibility index (Phi) is 8.88. The molecule has 0 saturated carbocycles. The van der Waals surface area contributed by atoms with Gasteiger partial charge in [-0.2, -0.15) is 0 Å². The number of rotatable bonds is 9. The van der Waals surface area contributed by atoms with Crippen molar-refractivity contribution < 1.29 is 19.1 Å². The Hall–Kier alpha value is -1.51. The van der Waals surface area contributed by atoms with Crippen LogP contribution in [0.2, 0.25) is 0 Å². The lowest BCUT2D eigenvalue weighted by Gasteiger charge is -2.23. The lowest BCUT2D eigenvalue weighted by atomic mass is 10.1. The Morgan fingerprint density at radius 1 is 1.12 bits per heavy atom. The van der Waals surface area contributed by atoms with Gasteiger partial charge in [0.1, 0.15) is 0 Å². The molecule has 0 aromatic heterocycles. The van der Waals surface area contributed by atoms with Gasteiger partial charge in [0.05, 0.1) is 26.3 Å². The Morgan fingerprint density at radius 3 is 2.29 bits per heavy atom. The summed E-state index contributed by atoms with van der Waals surface area (Å²) in [5.74, 6) is 0.734. The summed E-state index contributed by atoms with van der Waals surface area (Å²) in [5.41, 5.74) is 0.505. The van der Waals surface area contributed by atoms with Crippen molar-refractivity contribution in [2.75, 3.05) is 33.9 Å². The van der Waals surface area contributed by atoms with Crippen molar-refractivity contribution in [1.82, 2.24) is 10.2 Å². The van der Waals surface area contributed by atoms with Crippen LogP contribution in [0.4, 0.5) is 0 Å². The van der Waals surface area contributed by atoms with Crippen molar-refractivity contribution in [3.8, 4) is 11.5 Å². The molecule has 1 rings (SSSR count). The van der Waals surface area contributed by atoms with E-state index in [2.05, 4.69) is 27.9 Å². The van der Waals surface area contributed by atoms with Crippen LogP contribution < -0.4 is 14.8 Å². The van der Waals surface area contributed by atoms with E-state index in [1.807, 2.05) is 13.8 Å². The van der Waals surface area contributed by atoms with E-state index in [1.165, 1.54) is 7.11 Å². The first-order valence-electron chi connectivity index (χ1n) is 7.95. The zero-order chi connectivity index (χ0) is 18.1. The van der Waals surface area contributed by atoms with Crippen molar-refractivity contribution in [3.63, 3.8) is 0 Å². The van der Waals surface area contributed by atoms with Gasteiger partial charge in [0.25, 0.3) is 5.91 Å². The average Bonchev–Trinajstić information content (AvgIpc) is 2.58. The average molecular weight is 448 g/mol. The van der Waals surface area contributed by atoms with Gasteiger partial charge < -0.3 is 19.7 Å². The van der Waals surface area contributed by atoms with Crippen LogP contribution in [0, 0.1) is 3.57 Å². The fourth-order valence-corrected chi connectivity index (χ4v) is 2.87. The number of hydrogen-bond acceptors (Lipinski definition) is 4. The maximum absolute atomic E-state index is 12.9. The summed E-state index contributed by atoms with van der Waals surface area (Å²) in [5, 5.41) is 2.80. The molecule has 7 heteroatoms. The lowest BCUT2D eigenvalue weighted by molar-refractivity contribution is -0.121. The van der Waals surface area contributed by atoms with Crippen LogP contribution >= 0.6 is 22.6 Å².